The van der Waals surface area contributed by atoms with Crippen LogP contribution in [-0.2, 0) is 16.0 Å². The number of aromatic nitrogens is 2. The summed E-state index contributed by atoms with van der Waals surface area (Å²) in [6.45, 7) is 3.92. The van der Waals surface area contributed by atoms with Crippen molar-refractivity contribution in [2.45, 2.75) is 20.3 Å². The van der Waals surface area contributed by atoms with Crippen LogP contribution in [0.5, 0.6) is 0 Å². The molecule has 0 aliphatic rings. The molecule has 1 aromatic heterocycles. The quantitative estimate of drug-likeness (QED) is 0.661. The Hall–Kier alpha value is -1.54. The number of nitrogens with zero attached hydrogens (tertiary/aromatic N) is 2. The second kappa shape index (κ2) is 7.02. The molecule has 1 heterocycles. The van der Waals surface area contributed by atoms with Gasteiger partial charge in [0.15, 0.2) is 0 Å². The first kappa shape index (κ1) is 14.5. The molecule has 100 valence electrons. The normalized spacial score (nSPS) is 10.4. The molecule has 0 fully saturated rings. The minimum absolute atomic E-state index is 0.116. The van der Waals surface area contributed by atoms with Gasteiger partial charge in [0.1, 0.15) is 5.01 Å². The molecule has 0 unspecified atom stereocenters. The van der Waals surface area contributed by atoms with Crippen LogP contribution in [0.25, 0.3) is 0 Å². The third kappa shape index (κ3) is 5.19. The van der Waals surface area contributed by atoms with Crippen molar-refractivity contribution in [1.29, 1.82) is 0 Å². The number of nitrogens with two attached hydrogens (primary N) is 1. The zero-order valence-corrected chi connectivity index (χ0v) is 11.2. The number of carbonyl (C=O) groups excluding carboxylic acids is 2. The van der Waals surface area contributed by atoms with Gasteiger partial charge < -0.3 is 11.1 Å². The minimum atomic E-state index is -0.372. The lowest BCUT2D eigenvalue weighted by Gasteiger charge is -2.02. The van der Waals surface area contributed by atoms with E-state index in [1.807, 2.05) is 0 Å². The zero-order valence-electron chi connectivity index (χ0n) is 10.4. The van der Waals surface area contributed by atoms with Gasteiger partial charge in [-0.05, 0) is 5.92 Å². The van der Waals surface area contributed by atoms with Crippen molar-refractivity contribution >= 4 is 28.3 Å². The van der Waals surface area contributed by atoms with E-state index in [0.29, 0.717) is 11.0 Å². The summed E-state index contributed by atoms with van der Waals surface area (Å²) in [6, 6.07) is 0. The molecule has 2 amide bonds. The topological polar surface area (TPSA) is 110 Å². The van der Waals surface area contributed by atoms with Gasteiger partial charge in [-0.2, -0.15) is 0 Å². The maximum absolute atomic E-state index is 11.4. The molecule has 18 heavy (non-hydrogen) atoms. The molecule has 8 heteroatoms. The van der Waals surface area contributed by atoms with E-state index in [-0.39, 0.29) is 24.9 Å². The lowest BCUT2D eigenvalue weighted by atomic mass is 10.1. The molecule has 0 aliphatic heterocycles. The first-order chi connectivity index (χ1) is 8.51. The van der Waals surface area contributed by atoms with E-state index in [2.05, 4.69) is 34.7 Å². The average molecular weight is 271 g/mol. The highest BCUT2D eigenvalue weighted by atomic mass is 32.1. The number of nitrogens with one attached hydrogen (secondary N) is 2. The van der Waals surface area contributed by atoms with Crippen LogP contribution in [0.3, 0.4) is 0 Å². The SMILES string of the molecule is CC(C)Cc1nnc(NC(=O)CNC(=O)CN)s1. The Kier molecular flexibility index (Phi) is 5.66. The molecule has 0 spiro atoms. The first-order valence-corrected chi connectivity index (χ1v) is 6.42. The smallest absolute Gasteiger partial charge is 0.245 e. The van der Waals surface area contributed by atoms with Crippen molar-refractivity contribution < 1.29 is 9.59 Å². The number of hydrogen-bond donors (Lipinski definition) is 3. The van der Waals surface area contributed by atoms with E-state index in [1.165, 1.54) is 11.3 Å². The van der Waals surface area contributed by atoms with Crippen LogP contribution in [0.2, 0.25) is 0 Å². The van der Waals surface area contributed by atoms with Crippen LogP contribution in [0.1, 0.15) is 18.9 Å². The average Bonchev–Trinajstić information content (AvgIpc) is 2.72. The third-order valence-corrected chi connectivity index (χ3v) is 2.79. The van der Waals surface area contributed by atoms with Gasteiger partial charge in [-0.25, -0.2) is 0 Å². The summed E-state index contributed by atoms with van der Waals surface area (Å²) in [7, 11) is 0. The Labute approximate surface area is 109 Å². The second-order valence-corrected chi connectivity index (χ2v) is 5.19. The van der Waals surface area contributed by atoms with Crippen molar-refractivity contribution in [2.24, 2.45) is 11.7 Å². The molecule has 1 rings (SSSR count). The van der Waals surface area contributed by atoms with E-state index in [1.54, 1.807) is 0 Å². The van der Waals surface area contributed by atoms with Crippen molar-refractivity contribution in [3.8, 4) is 0 Å². The molecule has 0 aromatic carbocycles. The minimum Gasteiger partial charge on any atom is -0.346 e. The third-order valence-electron chi connectivity index (χ3n) is 1.93. The van der Waals surface area contributed by atoms with Crippen LogP contribution in [0.4, 0.5) is 5.13 Å². The van der Waals surface area contributed by atoms with Crippen LogP contribution in [-0.4, -0.2) is 35.1 Å². The van der Waals surface area contributed by atoms with Crippen LogP contribution >= 0.6 is 11.3 Å². The number of carbonyl (C=O) groups is 2. The number of anilines is 1. The summed E-state index contributed by atoms with van der Waals surface area (Å²) in [6.07, 6.45) is 0.831. The first-order valence-electron chi connectivity index (χ1n) is 5.60. The van der Waals surface area contributed by atoms with Gasteiger partial charge in [0.2, 0.25) is 16.9 Å². The van der Waals surface area contributed by atoms with Gasteiger partial charge in [0.25, 0.3) is 0 Å². The van der Waals surface area contributed by atoms with Gasteiger partial charge in [0.05, 0.1) is 13.1 Å². The lowest BCUT2D eigenvalue weighted by molar-refractivity contribution is -0.123. The van der Waals surface area contributed by atoms with Gasteiger partial charge in [0, 0.05) is 6.42 Å². The van der Waals surface area contributed by atoms with Crippen LogP contribution in [0, 0.1) is 5.92 Å². The highest BCUT2D eigenvalue weighted by Gasteiger charge is 2.09. The Morgan fingerprint density at radius 3 is 2.67 bits per heavy atom. The number of amides is 2. The van der Waals surface area contributed by atoms with Gasteiger partial charge >= 0.3 is 0 Å². The molecule has 0 saturated carbocycles. The Balaban J connectivity index is 2.40. The summed E-state index contributed by atoms with van der Waals surface area (Å²) in [5.41, 5.74) is 5.10. The Morgan fingerprint density at radius 2 is 2.06 bits per heavy atom. The zero-order chi connectivity index (χ0) is 13.5. The van der Waals surface area contributed by atoms with Crippen LogP contribution in [0.15, 0.2) is 0 Å². The molecule has 4 N–H and O–H groups in total. The lowest BCUT2D eigenvalue weighted by Crippen LogP contribution is -2.36. The summed E-state index contributed by atoms with van der Waals surface area (Å²) in [4.78, 5) is 22.3. The molecule has 0 atom stereocenters. The maximum atomic E-state index is 11.4. The second-order valence-electron chi connectivity index (χ2n) is 4.13. The molecule has 1 aromatic rings. The molecule has 7 nitrogen and oxygen atoms in total. The Morgan fingerprint density at radius 1 is 1.33 bits per heavy atom. The molecular formula is C10H17N5O2S. The molecular weight excluding hydrogens is 254 g/mol. The van der Waals surface area contributed by atoms with E-state index in [4.69, 9.17) is 5.73 Å². The van der Waals surface area contributed by atoms with Gasteiger partial charge in [-0.3, -0.25) is 14.9 Å². The fraction of sp³-hybridized carbons (Fsp3) is 0.600. The maximum Gasteiger partial charge on any atom is 0.245 e. The van der Waals surface area contributed by atoms with E-state index < -0.39 is 0 Å². The predicted octanol–water partition coefficient (Wildman–Crippen LogP) is -0.250. The molecule has 0 aliphatic carbocycles. The molecule has 0 radical (unpaired) electrons. The predicted molar refractivity (Wildman–Crippen MR) is 69.1 cm³/mol. The van der Waals surface area contributed by atoms with Gasteiger partial charge in [-0.1, -0.05) is 25.2 Å². The number of rotatable bonds is 6. The van der Waals surface area contributed by atoms with Crippen LogP contribution < -0.4 is 16.4 Å². The summed E-state index contributed by atoms with van der Waals surface area (Å²) >= 11 is 1.34. The summed E-state index contributed by atoms with van der Waals surface area (Å²) < 4.78 is 0. The highest BCUT2D eigenvalue weighted by Crippen LogP contribution is 2.17. The highest BCUT2D eigenvalue weighted by molar-refractivity contribution is 7.15. The Bertz CT molecular complexity index is 418. The standard InChI is InChI=1S/C10H17N5O2S/c1-6(2)3-9-14-15-10(18-9)13-8(17)5-12-7(16)4-11/h6H,3-5,11H2,1-2H3,(H,12,16)(H,13,15,17). The van der Waals surface area contributed by atoms with Crippen molar-refractivity contribution in [2.75, 3.05) is 18.4 Å². The largest absolute Gasteiger partial charge is 0.346 e. The van der Waals surface area contributed by atoms with E-state index in [0.717, 1.165) is 11.4 Å². The molecule has 0 bridgehead atoms. The van der Waals surface area contributed by atoms with E-state index >= 15 is 0 Å². The number of hydrogen-bond acceptors (Lipinski definition) is 6. The summed E-state index contributed by atoms with van der Waals surface area (Å²) in [5.74, 6) is -0.225. The van der Waals surface area contributed by atoms with E-state index in [9.17, 15) is 9.59 Å². The monoisotopic (exact) mass is 271 g/mol. The van der Waals surface area contributed by atoms with Crippen molar-refractivity contribution in [3.63, 3.8) is 0 Å². The van der Waals surface area contributed by atoms with Crippen molar-refractivity contribution in [1.82, 2.24) is 15.5 Å². The molecule has 0 saturated heterocycles. The fourth-order valence-corrected chi connectivity index (χ4v) is 2.12. The van der Waals surface area contributed by atoms with Gasteiger partial charge in [-0.15, -0.1) is 10.2 Å². The van der Waals surface area contributed by atoms with Crippen molar-refractivity contribution in [3.05, 3.63) is 5.01 Å². The fourth-order valence-electron chi connectivity index (χ4n) is 1.15. The summed E-state index contributed by atoms with van der Waals surface area (Å²) in [5, 5.41) is 14.1.